The summed E-state index contributed by atoms with van der Waals surface area (Å²) in [6.07, 6.45) is 56.4. The molecule has 0 fully saturated rings. The van der Waals surface area contributed by atoms with E-state index in [2.05, 4.69) is 81.5 Å². The van der Waals surface area contributed by atoms with Crippen molar-refractivity contribution in [2.45, 2.75) is 239 Å². The van der Waals surface area contributed by atoms with E-state index in [-0.39, 0.29) is 31.1 Å². The standard InChI is InChI=1S/C52H90O6/c1-4-7-10-13-16-18-20-22-23-24-25-26-27-28-29-30-32-33-36-39-42-45-51(54)57-48-49(47-56-50(53)44-41-38-35-15-12-9-6-3)58-52(55)46-43-40-37-34-31-21-19-17-14-11-8-5-2/h7,10,16-19,22-23,25-26,49H,4-6,8-9,11-15,20-21,24,27-48H2,1-3H3/b10-7-,18-16-,19-17-,23-22-,26-25-. The monoisotopic (exact) mass is 811 g/mol. The molecule has 334 valence electrons. The molecule has 0 bridgehead atoms. The third-order valence-corrected chi connectivity index (χ3v) is 10.3. The normalized spacial score (nSPS) is 12.5. The summed E-state index contributed by atoms with van der Waals surface area (Å²) in [4.78, 5) is 37.7. The van der Waals surface area contributed by atoms with Gasteiger partial charge in [-0.2, -0.15) is 0 Å². The second-order valence-corrected chi connectivity index (χ2v) is 16.0. The van der Waals surface area contributed by atoms with Crippen molar-refractivity contribution in [2.24, 2.45) is 0 Å². The summed E-state index contributed by atoms with van der Waals surface area (Å²) in [6.45, 7) is 6.44. The minimum atomic E-state index is -0.776. The Hall–Kier alpha value is -2.89. The van der Waals surface area contributed by atoms with Crippen molar-refractivity contribution in [3.8, 4) is 0 Å². The minimum absolute atomic E-state index is 0.0796. The molecule has 0 aliphatic carbocycles. The highest BCUT2D eigenvalue weighted by molar-refractivity contribution is 5.71. The Balaban J connectivity index is 4.24. The van der Waals surface area contributed by atoms with E-state index in [0.29, 0.717) is 19.3 Å². The Morgan fingerprint density at radius 2 is 0.672 bits per heavy atom. The SMILES string of the molecule is CC/C=C\C/C=C\C/C=C\C/C=C\CCCCCCCCCCC(=O)OCC(COC(=O)CCCCCCCCC)OC(=O)CCCCCCC/C=C\CCCCC. The fourth-order valence-electron chi connectivity index (χ4n) is 6.60. The third kappa shape index (κ3) is 44.2. The van der Waals surface area contributed by atoms with Crippen LogP contribution in [0.4, 0.5) is 0 Å². The van der Waals surface area contributed by atoms with Crippen LogP contribution in [0.5, 0.6) is 0 Å². The summed E-state index contributed by atoms with van der Waals surface area (Å²) < 4.78 is 16.7. The van der Waals surface area contributed by atoms with Crippen LogP contribution in [0, 0.1) is 0 Å². The van der Waals surface area contributed by atoms with Gasteiger partial charge < -0.3 is 14.2 Å². The summed E-state index contributed by atoms with van der Waals surface area (Å²) in [5, 5.41) is 0. The van der Waals surface area contributed by atoms with Crippen LogP contribution in [0.1, 0.15) is 233 Å². The van der Waals surface area contributed by atoms with E-state index in [1.165, 1.54) is 89.9 Å². The van der Waals surface area contributed by atoms with Crippen LogP contribution in [0.25, 0.3) is 0 Å². The lowest BCUT2D eigenvalue weighted by Crippen LogP contribution is -2.30. The fourth-order valence-corrected chi connectivity index (χ4v) is 6.60. The van der Waals surface area contributed by atoms with E-state index >= 15 is 0 Å². The van der Waals surface area contributed by atoms with Crippen molar-refractivity contribution in [3.63, 3.8) is 0 Å². The van der Waals surface area contributed by atoms with E-state index in [1.54, 1.807) is 0 Å². The van der Waals surface area contributed by atoms with Gasteiger partial charge in [0, 0.05) is 19.3 Å². The Kier molecular flexibility index (Phi) is 44.5. The molecule has 0 aliphatic rings. The number of rotatable bonds is 43. The molecule has 6 heteroatoms. The van der Waals surface area contributed by atoms with Gasteiger partial charge >= 0.3 is 17.9 Å². The number of carbonyl (C=O) groups excluding carboxylic acids is 3. The highest BCUT2D eigenvalue weighted by Crippen LogP contribution is 2.14. The lowest BCUT2D eigenvalue weighted by molar-refractivity contribution is -0.167. The molecule has 6 nitrogen and oxygen atoms in total. The smallest absolute Gasteiger partial charge is 0.306 e. The first kappa shape index (κ1) is 55.1. The molecule has 0 radical (unpaired) electrons. The fraction of sp³-hybridized carbons (Fsp3) is 0.750. The van der Waals surface area contributed by atoms with Gasteiger partial charge in [0.2, 0.25) is 0 Å². The topological polar surface area (TPSA) is 78.9 Å². The number of carbonyl (C=O) groups is 3. The lowest BCUT2D eigenvalue weighted by Gasteiger charge is -2.18. The van der Waals surface area contributed by atoms with Crippen molar-refractivity contribution in [3.05, 3.63) is 60.8 Å². The zero-order valence-corrected chi connectivity index (χ0v) is 38.0. The summed E-state index contributed by atoms with van der Waals surface area (Å²) in [6, 6.07) is 0. The molecule has 0 saturated heterocycles. The zero-order chi connectivity index (χ0) is 42.3. The van der Waals surface area contributed by atoms with Gasteiger partial charge in [-0.05, 0) is 83.5 Å². The zero-order valence-electron chi connectivity index (χ0n) is 38.0. The molecule has 0 spiro atoms. The Labute approximate surface area is 358 Å². The third-order valence-electron chi connectivity index (χ3n) is 10.3. The molecule has 0 heterocycles. The number of ether oxygens (including phenoxy) is 3. The Morgan fingerprint density at radius 1 is 0.362 bits per heavy atom. The van der Waals surface area contributed by atoms with Crippen LogP contribution in [0.3, 0.4) is 0 Å². The first-order chi connectivity index (χ1) is 28.5. The minimum Gasteiger partial charge on any atom is -0.462 e. The van der Waals surface area contributed by atoms with Crippen LogP contribution in [0.2, 0.25) is 0 Å². The van der Waals surface area contributed by atoms with Gasteiger partial charge in [-0.15, -0.1) is 0 Å². The number of hydrogen-bond donors (Lipinski definition) is 0. The Morgan fingerprint density at radius 3 is 1.10 bits per heavy atom. The van der Waals surface area contributed by atoms with Crippen molar-refractivity contribution in [1.82, 2.24) is 0 Å². The largest absolute Gasteiger partial charge is 0.462 e. The van der Waals surface area contributed by atoms with Crippen LogP contribution < -0.4 is 0 Å². The molecule has 58 heavy (non-hydrogen) atoms. The molecule has 0 amide bonds. The quantitative estimate of drug-likeness (QED) is 0.0264. The van der Waals surface area contributed by atoms with Crippen LogP contribution in [-0.4, -0.2) is 37.2 Å². The van der Waals surface area contributed by atoms with E-state index in [9.17, 15) is 14.4 Å². The molecule has 0 aliphatic heterocycles. The van der Waals surface area contributed by atoms with Crippen molar-refractivity contribution >= 4 is 17.9 Å². The number of hydrogen-bond acceptors (Lipinski definition) is 6. The summed E-state index contributed by atoms with van der Waals surface area (Å²) in [7, 11) is 0. The van der Waals surface area contributed by atoms with Crippen LogP contribution >= 0.6 is 0 Å². The molecule has 0 N–H and O–H groups in total. The van der Waals surface area contributed by atoms with Crippen molar-refractivity contribution < 1.29 is 28.6 Å². The van der Waals surface area contributed by atoms with Crippen molar-refractivity contribution in [1.29, 1.82) is 0 Å². The van der Waals surface area contributed by atoms with E-state index < -0.39 is 6.10 Å². The van der Waals surface area contributed by atoms with Gasteiger partial charge in [-0.3, -0.25) is 14.4 Å². The Bertz CT molecular complexity index is 1070. The molecule has 1 unspecified atom stereocenters. The van der Waals surface area contributed by atoms with Gasteiger partial charge in [-0.1, -0.05) is 191 Å². The highest BCUT2D eigenvalue weighted by Gasteiger charge is 2.19. The number of esters is 3. The maximum absolute atomic E-state index is 12.7. The predicted octanol–water partition coefficient (Wildman–Crippen LogP) is 15.7. The highest BCUT2D eigenvalue weighted by atomic mass is 16.6. The van der Waals surface area contributed by atoms with Gasteiger partial charge in [0.15, 0.2) is 6.10 Å². The number of unbranched alkanes of at least 4 members (excludes halogenated alkanes) is 22. The maximum Gasteiger partial charge on any atom is 0.306 e. The van der Waals surface area contributed by atoms with E-state index in [1.807, 2.05) is 0 Å². The first-order valence-electron chi connectivity index (χ1n) is 24.3. The lowest BCUT2D eigenvalue weighted by atomic mass is 10.1. The summed E-state index contributed by atoms with van der Waals surface area (Å²) >= 11 is 0. The average Bonchev–Trinajstić information content (AvgIpc) is 3.22. The summed E-state index contributed by atoms with van der Waals surface area (Å²) in [5.74, 6) is -0.904. The van der Waals surface area contributed by atoms with Gasteiger partial charge in [0.25, 0.3) is 0 Å². The summed E-state index contributed by atoms with van der Waals surface area (Å²) in [5.41, 5.74) is 0. The average molecular weight is 811 g/mol. The number of allylic oxidation sites excluding steroid dienone is 10. The first-order valence-corrected chi connectivity index (χ1v) is 24.3. The molecule has 0 rings (SSSR count). The molecule has 0 saturated carbocycles. The van der Waals surface area contributed by atoms with Crippen molar-refractivity contribution in [2.75, 3.05) is 13.2 Å². The van der Waals surface area contributed by atoms with Gasteiger partial charge in [0.05, 0.1) is 0 Å². The molecule has 0 aromatic carbocycles. The molecule has 0 aromatic heterocycles. The second-order valence-electron chi connectivity index (χ2n) is 16.0. The molecule has 0 aromatic rings. The predicted molar refractivity (Wildman–Crippen MR) is 247 cm³/mol. The molecular formula is C52H90O6. The van der Waals surface area contributed by atoms with Crippen LogP contribution in [0.15, 0.2) is 60.8 Å². The van der Waals surface area contributed by atoms with Gasteiger partial charge in [-0.25, -0.2) is 0 Å². The van der Waals surface area contributed by atoms with Crippen LogP contribution in [-0.2, 0) is 28.6 Å². The second kappa shape index (κ2) is 46.8. The molecule has 1 atom stereocenters. The molecular weight excluding hydrogens is 721 g/mol. The van der Waals surface area contributed by atoms with E-state index in [4.69, 9.17) is 14.2 Å². The maximum atomic E-state index is 12.7. The van der Waals surface area contributed by atoms with E-state index in [0.717, 1.165) is 103 Å². The van der Waals surface area contributed by atoms with Gasteiger partial charge in [0.1, 0.15) is 13.2 Å².